The molecule has 2 aromatic heterocycles. The van der Waals surface area contributed by atoms with Crippen LogP contribution in [-0.2, 0) is 6.42 Å². The molecular weight excluding hydrogens is 595 g/mol. The predicted octanol–water partition coefficient (Wildman–Crippen LogP) is 12.8. The fraction of sp³-hybridized carbons (Fsp3) is 0.0213. The highest BCUT2D eigenvalue weighted by atomic mass is 16.3. The Morgan fingerprint density at radius 3 is 1.71 bits per heavy atom. The fourth-order valence-corrected chi connectivity index (χ4v) is 7.69. The van der Waals surface area contributed by atoms with Gasteiger partial charge in [0.25, 0.3) is 0 Å². The van der Waals surface area contributed by atoms with Crippen LogP contribution < -0.4 is 0 Å². The molecule has 0 unspecified atom stereocenters. The van der Waals surface area contributed by atoms with Crippen LogP contribution in [0.5, 0.6) is 0 Å². The standard InChI is InChI=1S/C47H31NO/c1-2-13-39-36(10-1)29-37(47-46(39)42-16-5-8-19-45(42)49-47)28-31-20-22-32(23-21-31)33-24-26-34(27-25-33)35-11-9-12-38(30-35)48-43-17-6-3-14-40(43)41-15-4-7-18-44(41)48/h1-27,29-30H,28H2. The highest BCUT2D eigenvalue weighted by Crippen LogP contribution is 2.38. The van der Waals surface area contributed by atoms with Gasteiger partial charge >= 0.3 is 0 Å². The lowest BCUT2D eigenvalue weighted by Crippen LogP contribution is -1.94. The van der Waals surface area contributed by atoms with Gasteiger partial charge in [-0.1, -0.05) is 140 Å². The molecule has 2 nitrogen and oxygen atoms in total. The summed E-state index contributed by atoms with van der Waals surface area (Å²) in [5.41, 5.74) is 12.8. The Bertz CT molecular complexity index is 2780. The number of furan rings is 1. The molecule has 0 fully saturated rings. The Kier molecular flexibility index (Phi) is 6.28. The van der Waals surface area contributed by atoms with Gasteiger partial charge in [-0.3, -0.25) is 0 Å². The largest absolute Gasteiger partial charge is 0.456 e. The van der Waals surface area contributed by atoms with Gasteiger partial charge in [0.1, 0.15) is 11.2 Å². The number of hydrogen-bond donors (Lipinski definition) is 0. The van der Waals surface area contributed by atoms with Crippen LogP contribution >= 0.6 is 0 Å². The van der Waals surface area contributed by atoms with Crippen LogP contribution in [-0.4, -0.2) is 4.57 Å². The minimum Gasteiger partial charge on any atom is -0.456 e. The van der Waals surface area contributed by atoms with Crippen LogP contribution in [0.4, 0.5) is 0 Å². The number of benzene rings is 8. The molecule has 0 aliphatic heterocycles. The second kappa shape index (κ2) is 11.1. The molecule has 0 saturated heterocycles. The molecule has 0 N–H and O–H groups in total. The first-order valence-electron chi connectivity index (χ1n) is 16.9. The Labute approximate surface area is 284 Å². The maximum absolute atomic E-state index is 6.47. The molecule has 2 heterocycles. The van der Waals surface area contributed by atoms with E-state index in [2.05, 4.69) is 174 Å². The summed E-state index contributed by atoms with van der Waals surface area (Å²) in [5.74, 6) is 0. The van der Waals surface area contributed by atoms with Gasteiger partial charge in [0, 0.05) is 39.2 Å². The summed E-state index contributed by atoms with van der Waals surface area (Å²) >= 11 is 0. The average molecular weight is 626 g/mol. The van der Waals surface area contributed by atoms with Crippen molar-refractivity contribution in [1.29, 1.82) is 0 Å². The van der Waals surface area contributed by atoms with Gasteiger partial charge in [0.15, 0.2) is 0 Å². The zero-order valence-corrected chi connectivity index (χ0v) is 26.8. The van der Waals surface area contributed by atoms with E-state index in [-0.39, 0.29) is 0 Å². The van der Waals surface area contributed by atoms with Gasteiger partial charge in [0.05, 0.1) is 11.0 Å². The van der Waals surface area contributed by atoms with Gasteiger partial charge in [0.2, 0.25) is 0 Å². The molecule has 0 amide bonds. The molecule has 230 valence electrons. The Morgan fingerprint density at radius 2 is 1.00 bits per heavy atom. The first kappa shape index (κ1) is 27.7. The van der Waals surface area contributed by atoms with Crippen molar-refractivity contribution in [3.05, 3.63) is 187 Å². The zero-order chi connectivity index (χ0) is 32.3. The van der Waals surface area contributed by atoms with Crippen molar-refractivity contribution in [3.63, 3.8) is 0 Å². The molecule has 10 rings (SSSR count). The van der Waals surface area contributed by atoms with E-state index < -0.39 is 0 Å². The number of fused-ring (bicyclic) bond motifs is 8. The molecule has 49 heavy (non-hydrogen) atoms. The summed E-state index contributed by atoms with van der Waals surface area (Å²) in [6, 6.07) is 63.4. The summed E-state index contributed by atoms with van der Waals surface area (Å²) in [4.78, 5) is 0. The minimum absolute atomic E-state index is 0.808. The number of hydrogen-bond acceptors (Lipinski definition) is 1. The number of nitrogens with zero attached hydrogens (tertiary/aromatic N) is 1. The molecule has 0 bridgehead atoms. The van der Waals surface area contributed by atoms with Gasteiger partial charge in [-0.15, -0.1) is 0 Å². The predicted molar refractivity (Wildman–Crippen MR) is 206 cm³/mol. The second-order valence-electron chi connectivity index (χ2n) is 12.9. The van der Waals surface area contributed by atoms with E-state index in [0.29, 0.717) is 0 Å². The zero-order valence-electron chi connectivity index (χ0n) is 26.8. The van der Waals surface area contributed by atoms with E-state index in [1.165, 1.54) is 82.4 Å². The minimum atomic E-state index is 0.808. The molecule has 0 spiro atoms. The molecule has 0 aliphatic rings. The fourth-order valence-electron chi connectivity index (χ4n) is 7.69. The Morgan fingerprint density at radius 1 is 0.429 bits per heavy atom. The van der Waals surface area contributed by atoms with Gasteiger partial charge in [-0.25, -0.2) is 0 Å². The van der Waals surface area contributed by atoms with Gasteiger partial charge in [-0.2, -0.15) is 0 Å². The third-order valence-corrected chi connectivity index (χ3v) is 10.0. The number of para-hydroxylation sites is 3. The Hall–Kier alpha value is -6.38. The molecule has 0 aliphatic carbocycles. The van der Waals surface area contributed by atoms with Gasteiger partial charge in [-0.05, 0) is 75.0 Å². The lowest BCUT2D eigenvalue weighted by molar-refractivity contribution is 0.664. The van der Waals surface area contributed by atoms with Crippen LogP contribution in [0.1, 0.15) is 11.1 Å². The van der Waals surface area contributed by atoms with E-state index >= 15 is 0 Å². The quantitative estimate of drug-likeness (QED) is 0.186. The first-order valence-corrected chi connectivity index (χ1v) is 16.9. The second-order valence-corrected chi connectivity index (χ2v) is 12.9. The summed E-state index contributed by atoms with van der Waals surface area (Å²) in [5, 5.41) is 7.42. The molecule has 0 radical (unpaired) electrons. The Balaban J connectivity index is 0.950. The summed E-state index contributed by atoms with van der Waals surface area (Å²) < 4.78 is 8.85. The number of aromatic nitrogens is 1. The summed E-state index contributed by atoms with van der Waals surface area (Å²) in [7, 11) is 0. The average Bonchev–Trinajstić information content (AvgIpc) is 3.73. The third-order valence-electron chi connectivity index (χ3n) is 10.0. The van der Waals surface area contributed by atoms with E-state index in [0.717, 1.165) is 17.6 Å². The van der Waals surface area contributed by atoms with Gasteiger partial charge < -0.3 is 8.98 Å². The van der Waals surface area contributed by atoms with Crippen molar-refractivity contribution in [2.45, 2.75) is 6.42 Å². The first-order chi connectivity index (χ1) is 24.3. The molecule has 10 aromatic rings. The van der Waals surface area contributed by atoms with Crippen LogP contribution in [0.15, 0.2) is 180 Å². The van der Waals surface area contributed by atoms with Crippen LogP contribution in [0, 0.1) is 0 Å². The topological polar surface area (TPSA) is 18.1 Å². The lowest BCUT2D eigenvalue weighted by atomic mass is 9.95. The summed E-state index contributed by atoms with van der Waals surface area (Å²) in [6.07, 6.45) is 0.808. The maximum atomic E-state index is 6.47. The normalized spacial score (nSPS) is 11.8. The van der Waals surface area contributed by atoms with Crippen LogP contribution in [0.25, 0.3) is 82.5 Å². The number of rotatable bonds is 5. The molecule has 0 atom stereocenters. The van der Waals surface area contributed by atoms with E-state index in [9.17, 15) is 0 Å². The molecule has 2 heteroatoms. The highest BCUT2D eigenvalue weighted by molar-refractivity contribution is 6.19. The van der Waals surface area contributed by atoms with Crippen LogP contribution in [0.3, 0.4) is 0 Å². The molecule has 8 aromatic carbocycles. The van der Waals surface area contributed by atoms with Crippen molar-refractivity contribution in [2.75, 3.05) is 0 Å². The van der Waals surface area contributed by atoms with Crippen molar-refractivity contribution >= 4 is 54.5 Å². The summed E-state index contributed by atoms with van der Waals surface area (Å²) in [6.45, 7) is 0. The molecule has 0 saturated carbocycles. The highest BCUT2D eigenvalue weighted by Gasteiger charge is 2.16. The van der Waals surface area contributed by atoms with Crippen molar-refractivity contribution in [1.82, 2.24) is 4.57 Å². The lowest BCUT2D eigenvalue weighted by Gasteiger charge is -2.11. The maximum Gasteiger partial charge on any atom is 0.139 e. The third kappa shape index (κ3) is 4.57. The molecular formula is C47H31NO. The van der Waals surface area contributed by atoms with Crippen LogP contribution in [0.2, 0.25) is 0 Å². The van der Waals surface area contributed by atoms with Crippen molar-refractivity contribution < 1.29 is 4.42 Å². The van der Waals surface area contributed by atoms with E-state index in [4.69, 9.17) is 4.42 Å². The van der Waals surface area contributed by atoms with Crippen molar-refractivity contribution in [3.8, 4) is 27.9 Å². The smallest absolute Gasteiger partial charge is 0.139 e. The van der Waals surface area contributed by atoms with E-state index in [1.54, 1.807) is 0 Å². The SMILES string of the molecule is c1cc(-c2ccc(-c3ccc(Cc4cc5ccccc5c5c4oc4ccccc45)cc3)cc2)cc(-n2c3ccccc3c3ccccc32)c1. The van der Waals surface area contributed by atoms with Crippen molar-refractivity contribution in [2.24, 2.45) is 0 Å². The van der Waals surface area contributed by atoms with E-state index in [1.807, 2.05) is 6.07 Å². The monoisotopic (exact) mass is 625 g/mol.